The average Bonchev–Trinajstić information content (AvgIpc) is 2.35. The summed E-state index contributed by atoms with van der Waals surface area (Å²) in [6.07, 6.45) is 3.81. The molecule has 0 radical (unpaired) electrons. The van der Waals surface area contributed by atoms with Crippen LogP contribution in [0.1, 0.15) is 57.1 Å². The van der Waals surface area contributed by atoms with Gasteiger partial charge in [-0.15, -0.1) is 0 Å². The average molecular weight is 286 g/mol. The van der Waals surface area contributed by atoms with Gasteiger partial charge in [0.25, 0.3) is 0 Å². The van der Waals surface area contributed by atoms with E-state index >= 15 is 0 Å². The Morgan fingerprint density at radius 1 is 1.32 bits per heavy atom. The molecule has 2 N–H and O–H groups in total. The van der Waals surface area contributed by atoms with Gasteiger partial charge in [-0.25, -0.2) is 4.57 Å². The van der Waals surface area contributed by atoms with Crippen LogP contribution >= 0.6 is 7.82 Å². The minimum atomic E-state index is -4.49. The zero-order valence-electron chi connectivity index (χ0n) is 11.8. The van der Waals surface area contributed by atoms with Crippen LogP contribution in [0.25, 0.3) is 0 Å². The van der Waals surface area contributed by atoms with Gasteiger partial charge >= 0.3 is 7.82 Å². The summed E-state index contributed by atoms with van der Waals surface area (Å²) in [5.74, 6) is 0.735. The van der Waals surface area contributed by atoms with Crippen molar-refractivity contribution in [3.63, 3.8) is 0 Å². The molecule has 0 aliphatic carbocycles. The van der Waals surface area contributed by atoms with E-state index < -0.39 is 7.82 Å². The molecule has 1 unspecified atom stereocenters. The normalized spacial score (nSPS) is 13.3. The third-order valence-electron chi connectivity index (χ3n) is 3.28. The summed E-state index contributed by atoms with van der Waals surface area (Å²) in [6.45, 7) is 6.35. The Morgan fingerprint density at radius 3 is 2.53 bits per heavy atom. The Labute approximate surface area is 115 Å². The Kier molecular flexibility index (Phi) is 6.05. The highest BCUT2D eigenvalue weighted by molar-refractivity contribution is 7.46. The maximum absolute atomic E-state index is 11.0. The van der Waals surface area contributed by atoms with Crippen LogP contribution in [-0.2, 0) is 11.0 Å². The topological polar surface area (TPSA) is 66.8 Å². The third-order valence-corrected chi connectivity index (χ3v) is 3.72. The molecule has 0 aromatic heterocycles. The lowest BCUT2D eigenvalue weighted by Gasteiger charge is -2.15. The lowest BCUT2D eigenvalue weighted by molar-refractivity contribution is 0.282. The van der Waals surface area contributed by atoms with E-state index in [1.807, 2.05) is 12.1 Å². The fourth-order valence-corrected chi connectivity index (χ4v) is 2.36. The second-order valence-corrected chi connectivity index (χ2v) is 6.03. The van der Waals surface area contributed by atoms with Gasteiger partial charge in [-0.1, -0.05) is 39.3 Å². The molecule has 0 spiro atoms. The van der Waals surface area contributed by atoms with E-state index in [0.717, 1.165) is 31.2 Å². The summed E-state index contributed by atoms with van der Waals surface area (Å²) in [5.41, 5.74) is 2.06. The maximum Gasteiger partial charge on any atom is 0.524 e. The van der Waals surface area contributed by atoms with Crippen molar-refractivity contribution >= 4 is 7.82 Å². The fraction of sp³-hybridized carbons (Fsp3) is 0.571. The molecule has 19 heavy (non-hydrogen) atoms. The first-order chi connectivity index (χ1) is 8.87. The monoisotopic (exact) mass is 286 g/mol. The molecule has 1 aromatic rings. The largest absolute Gasteiger partial charge is 0.524 e. The molecular formula is C14H23O4P. The summed E-state index contributed by atoms with van der Waals surface area (Å²) in [7, 11) is -4.49. The Balaban J connectivity index is 3.05. The molecular weight excluding hydrogens is 263 g/mol. The van der Waals surface area contributed by atoms with Crippen LogP contribution in [0.15, 0.2) is 18.2 Å². The summed E-state index contributed by atoms with van der Waals surface area (Å²) >= 11 is 0. The van der Waals surface area contributed by atoms with Gasteiger partial charge in [0.1, 0.15) is 5.75 Å². The minimum absolute atomic E-state index is 0.300. The molecule has 0 bridgehead atoms. The van der Waals surface area contributed by atoms with Crippen LogP contribution in [0.3, 0.4) is 0 Å². The Hall–Kier alpha value is -0.830. The molecule has 4 nitrogen and oxygen atoms in total. The number of rotatable bonds is 7. The van der Waals surface area contributed by atoms with Crippen LogP contribution in [0.5, 0.6) is 5.75 Å². The first-order valence-electron chi connectivity index (χ1n) is 6.75. The van der Waals surface area contributed by atoms with E-state index in [2.05, 4.69) is 20.8 Å². The standard InChI is InChI=1S/C14H23O4P/c1-4-6-7-13-10-12(11(3)5-2)8-9-14(13)18-19(15,16)17/h8-11H,4-7H2,1-3H3,(H2,15,16,17). The van der Waals surface area contributed by atoms with E-state index in [0.29, 0.717) is 11.7 Å². The second kappa shape index (κ2) is 7.09. The molecule has 0 fully saturated rings. The lowest BCUT2D eigenvalue weighted by atomic mass is 9.95. The number of hydrogen-bond acceptors (Lipinski definition) is 2. The van der Waals surface area contributed by atoms with E-state index in [4.69, 9.17) is 14.3 Å². The van der Waals surface area contributed by atoms with Crippen molar-refractivity contribution in [2.75, 3.05) is 0 Å². The van der Waals surface area contributed by atoms with Crippen LogP contribution in [0.4, 0.5) is 0 Å². The first-order valence-corrected chi connectivity index (χ1v) is 8.28. The van der Waals surface area contributed by atoms with Crippen molar-refractivity contribution in [1.29, 1.82) is 0 Å². The van der Waals surface area contributed by atoms with Gasteiger partial charge in [0, 0.05) is 0 Å². The van der Waals surface area contributed by atoms with Crippen LogP contribution in [0.2, 0.25) is 0 Å². The highest BCUT2D eigenvalue weighted by Crippen LogP contribution is 2.40. The molecule has 0 aliphatic rings. The molecule has 108 valence electrons. The molecule has 0 saturated heterocycles. The van der Waals surface area contributed by atoms with Crippen molar-refractivity contribution in [1.82, 2.24) is 0 Å². The van der Waals surface area contributed by atoms with Gasteiger partial charge in [0.2, 0.25) is 0 Å². The summed E-state index contributed by atoms with van der Waals surface area (Å²) in [4.78, 5) is 17.9. The smallest absolute Gasteiger partial charge is 0.404 e. The van der Waals surface area contributed by atoms with Crippen LogP contribution in [0, 0.1) is 0 Å². The van der Waals surface area contributed by atoms with Gasteiger partial charge in [-0.05, 0) is 42.4 Å². The predicted molar refractivity (Wildman–Crippen MR) is 76.4 cm³/mol. The molecule has 5 heteroatoms. The van der Waals surface area contributed by atoms with Gasteiger partial charge in [-0.3, -0.25) is 9.79 Å². The number of aryl methyl sites for hydroxylation is 1. The fourth-order valence-electron chi connectivity index (χ4n) is 1.92. The molecule has 0 heterocycles. The van der Waals surface area contributed by atoms with Crippen molar-refractivity contribution in [3.05, 3.63) is 29.3 Å². The lowest BCUT2D eigenvalue weighted by Crippen LogP contribution is -1.99. The van der Waals surface area contributed by atoms with Crippen molar-refractivity contribution in [2.45, 2.75) is 52.4 Å². The van der Waals surface area contributed by atoms with Gasteiger partial charge in [-0.2, -0.15) is 0 Å². The predicted octanol–water partition coefficient (Wildman–Crippen LogP) is 4.01. The first kappa shape index (κ1) is 16.2. The van der Waals surface area contributed by atoms with E-state index in [9.17, 15) is 4.57 Å². The summed E-state index contributed by atoms with van der Waals surface area (Å²) in [5, 5.41) is 0. The van der Waals surface area contributed by atoms with E-state index in [1.165, 1.54) is 5.56 Å². The molecule has 0 saturated carbocycles. The SMILES string of the molecule is CCCCc1cc(C(C)CC)ccc1OP(=O)(O)O. The Bertz CT molecular complexity index is 453. The molecule has 0 amide bonds. The van der Waals surface area contributed by atoms with Crippen molar-refractivity contribution in [2.24, 2.45) is 0 Å². The summed E-state index contributed by atoms with van der Waals surface area (Å²) in [6, 6.07) is 5.56. The number of hydrogen-bond donors (Lipinski definition) is 2. The molecule has 0 aliphatic heterocycles. The third kappa shape index (κ3) is 5.35. The van der Waals surface area contributed by atoms with E-state index in [-0.39, 0.29) is 0 Å². The Morgan fingerprint density at radius 2 is 2.00 bits per heavy atom. The van der Waals surface area contributed by atoms with E-state index in [1.54, 1.807) is 6.07 Å². The van der Waals surface area contributed by atoms with Crippen molar-refractivity contribution in [3.8, 4) is 5.75 Å². The number of phosphoric ester groups is 1. The summed E-state index contributed by atoms with van der Waals surface area (Å²) < 4.78 is 15.7. The number of unbranched alkanes of at least 4 members (excludes halogenated alkanes) is 1. The maximum atomic E-state index is 11.0. The number of benzene rings is 1. The zero-order valence-corrected chi connectivity index (χ0v) is 12.7. The van der Waals surface area contributed by atoms with Crippen LogP contribution in [-0.4, -0.2) is 9.79 Å². The highest BCUT2D eigenvalue weighted by atomic mass is 31.2. The van der Waals surface area contributed by atoms with Gasteiger partial charge < -0.3 is 4.52 Å². The minimum Gasteiger partial charge on any atom is -0.404 e. The van der Waals surface area contributed by atoms with Crippen LogP contribution < -0.4 is 4.52 Å². The van der Waals surface area contributed by atoms with Crippen molar-refractivity contribution < 1.29 is 18.9 Å². The van der Waals surface area contributed by atoms with Gasteiger partial charge in [0.15, 0.2) is 0 Å². The number of phosphoric acid groups is 1. The quantitative estimate of drug-likeness (QED) is 0.743. The highest BCUT2D eigenvalue weighted by Gasteiger charge is 2.19. The second-order valence-electron chi connectivity index (χ2n) is 4.86. The zero-order chi connectivity index (χ0) is 14.5. The molecule has 1 rings (SSSR count). The molecule has 1 atom stereocenters. The van der Waals surface area contributed by atoms with Gasteiger partial charge in [0.05, 0.1) is 0 Å². The molecule has 1 aromatic carbocycles.